The van der Waals surface area contributed by atoms with E-state index in [1.165, 1.54) is 0 Å². The van der Waals surface area contributed by atoms with Gasteiger partial charge in [-0.25, -0.2) is 0 Å². The Kier molecular flexibility index (Phi) is 4.87. The molecule has 2 aromatic heterocycles. The highest BCUT2D eigenvalue weighted by molar-refractivity contribution is 5.51. The van der Waals surface area contributed by atoms with Crippen LogP contribution in [-0.2, 0) is 11.3 Å². The summed E-state index contributed by atoms with van der Waals surface area (Å²) in [5.41, 5.74) is 0.841. The average molecular weight is 306 g/mol. The number of hydrogen-bond acceptors (Lipinski definition) is 7. The Hall–Kier alpha value is -1.70. The summed E-state index contributed by atoms with van der Waals surface area (Å²) < 4.78 is 15.5. The van der Waals surface area contributed by atoms with Gasteiger partial charge in [-0.3, -0.25) is 9.80 Å². The van der Waals surface area contributed by atoms with E-state index in [4.69, 9.17) is 13.7 Å². The molecule has 1 aliphatic heterocycles. The van der Waals surface area contributed by atoms with E-state index in [0.717, 1.165) is 38.3 Å². The zero-order valence-corrected chi connectivity index (χ0v) is 13.1. The second kappa shape index (κ2) is 7.04. The molecule has 7 heteroatoms. The van der Waals surface area contributed by atoms with Crippen LogP contribution in [0.2, 0.25) is 0 Å². The third kappa shape index (κ3) is 3.55. The minimum Gasteiger partial charge on any atom is -0.472 e. The lowest BCUT2D eigenvalue weighted by molar-refractivity contribution is 0.0512. The van der Waals surface area contributed by atoms with Crippen molar-refractivity contribution in [2.45, 2.75) is 19.5 Å². The number of ether oxygens (including phenoxy) is 1. The summed E-state index contributed by atoms with van der Waals surface area (Å²) in [6.07, 6.45) is 3.22. The highest BCUT2D eigenvalue weighted by Crippen LogP contribution is 2.17. The molecule has 3 heterocycles. The number of methoxy groups -OCH3 is 1. The lowest BCUT2D eigenvalue weighted by Crippen LogP contribution is -2.52. The van der Waals surface area contributed by atoms with Crippen molar-refractivity contribution in [1.82, 2.24) is 19.9 Å². The summed E-state index contributed by atoms with van der Waals surface area (Å²) in [7, 11) is 1.74. The van der Waals surface area contributed by atoms with Crippen LogP contribution in [0.5, 0.6) is 0 Å². The third-order valence-electron chi connectivity index (χ3n) is 4.04. The number of piperazine rings is 1. The molecule has 0 amide bonds. The first-order valence-electron chi connectivity index (χ1n) is 7.57. The fraction of sp³-hybridized carbons (Fsp3) is 0.600. The molecule has 0 unspecified atom stereocenters. The predicted octanol–water partition coefficient (Wildman–Crippen LogP) is 1.48. The molecule has 0 bridgehead atoms. The van der Waals surface area contributed by atoms with Crippen molar-refractivity contribution in [3.8, 4) is 11.4 Å². The maximum atomic E-state index is 5.34. The number of rotatable bonds is 6. The van der Waals surface area contributed by atoms with Gasteiger partial charge in [-0.1, -0.05) is 5.16 Å². The third-order valence-corrected chi connectivity index (χ3v) is 4.04. The lowest BCUT2D eigenvalue weighted by atomic mass is 10.2. The second-order valence-corrected chi connectivity index (χ2v) is 5.64. The van der Waals surface area contributed by atoms with Gasteiger partial charge in [0.1, 0.15) is 6.26 Å². The molecule has 2 aromatic rings. The van der Waals surface area contributed by atoms with Gasteiger partial charge in [-0.15, -0.1) is 0 Å². The monoisotopic (exact) mass is 306 g/mol. The van der Waals surface area contributed by atoms with Gasteiger partial charge < -0.3 is 13.7 Å². The Balaban J connectivity index is 1.54. The molecule has 0 aliphatic carbocycles. The largest absolute Gasteiger partial charge is 0.472 e. The molecule has 3 rings (SSSR count). The number of aromatic nitrogens is 2. The van der Waals surface area contributed by atoms with Crippen LogP contribution in [0, 0.1) is 0 Å². The quantitative estimate of drug-likeness (QED) is 0.800. The van der Waals surface area contributed by atoms with E-state index in [2.05, 4.69) is 26.9 Å². The second-order valence-electron chi connectivity index (χ2n) is 5.64. The Morgan fingerprint density at radius 2 is 2.32 bits per heavy atom. The molecule has 0 aromatic carbocycles. The fourth-order valence-electron chi connectivity index (χ4n) is 2.77. The van der Waals surface area contributed by atoms with Crippen molar-refractivity contribution in [2.24, 2.45) is 0 Å². The van der Waals surface area contributed by atoms with Crippen LogP contribution in [0.15, 0.2) is 27.5 Å². The molecule has 22 heavy (non-hydrogen) atoms. The molecule has 120 valence electrons. The zero-order chi connectivity index (χ0) is 15.4. The Morgan fingerprint density at radius 3 is 3.05 bits per heavy atom. The predicted molar refractivity (Wildman–Crippen MR) is 80.2 cm³/mol. The van der Waals surface area contributed by atoms with Crippen LogP contribution < -0.4 is 0 Å². The van der Waals surface area contributed by atoms with Crippen LogP contribution in [0.4, 0.5) is 0 Å². The molecule has 1 aliphatic rings. The topological polar surface area (TPSA) is 67.8 Å². The Morgan fingerprint density at radius 1 is 1.41 bits per heavy atom. The van der Waals surface area contributed by atoms with E-state index in [9.17, 15) is 0 Å². The summed E-state index contributed by atoms with van der Waals surface area (Å²) in [6.45, 7) is 7.72. The molecule has 7 nitrogen and oxygen atoms in total. The molecule has 1 saturated heterocycles. The summed E-state index contributed by atoms with van der Waals surface area (Å²) in [4.78, 5) is 9.22. The highest BCUT2D eigenvalue weighted by atomic mass is 16.5. The molecule has 0 radical (unpaired) electrons. The van der Waals surface area contributed by atoms with Gasteiger partial charge in [0.05, 0.1) is 25.0 Å². The molecule has 1 fully saturated rings. The van der Waals surface area contributed by atoms with Gasteiger partial charge in [-0.05, 0) is 13.0 Å². The molecular weight excluding hydrogens is 284 g/mol. The van der Waals surface area contributed by atoms with E-state index in [1.807, 2.05) is 6.07 Å². The van der Waals surface area contributed by atoms with Gasteiger partial charge >= 0.3 is 0 Å². The number of furan rings is 1. The summed E-state index contributed by atoms with van der Waals surface area (Å²) >= 11 is 0. The SMILES string of the molecule is COCCN1CCN(Cc2nc(-c3ccoc3)no2)C[C@@H]1C. The molecule has 0 saturated carbocycles. The van der Waals surface area contributed by atoms with Crippen molar-refractivity contribution in [3.63, 3.8) is 0 Å². The first-order chi connectivity index (χ1) is 10.8. The standard InChI is InChI=1S/C15H22N4O3/c1-12-9-18(4-5-19(12)6-8-20-2)10-14-16-15(17-22-14)13-3-7-21-11-13/h3,7,11-12H,4-6,8-10H2,1-2H3/t12-/m0/s1. The van der Waals surface area contributed by atoms with Gasteiger partial charge in [0.25, 0.3) is 0 Å². The molecule has 0 N–H and O–H groups in total. The zero-order valence-electron chi connectivity index (χ0n) is 13.1. The minimum atomic E-state index is 0.500. The first-order valence-corrected chi connectivity index (χ1v) is 7.57. The summed E-state index contributed by atoms with van der Waals surface area (Å²) in [6, 6.07) is 2.32. The maximum Gasteiger partial charge on any atom is 0.241 e. The van der Waals surface area contributed by atoms with Crippen LogP contribution >= 0.6 is 0 Å². The van der Waals surface area contributed by atoms with E-state index in [0.29, 0.717) is 24.3 Å². The van der Waals surface area contributed by atoms with Gasteiger partial charge in [0, 0.05) is 39.3 Å². The van der Waals surface area contributed by atoms with Crippen molar-refractivity contribution >= 4 is 0 Å². The lowest BCUT2D eigenvalue weighted by Gasteiger charge is -2.39. The summed E-state index contributed by atoms with van der Waals surface area (Å²) in [5.74, 6) is 1.23. The molecule has 0 spiro atoms. The van der Waals surface area contributed by atoms with E-state index in [-0.39, 0.29) is 0 Å². The van der Waals surface area contributed by atoms with E-state index >= 15 is 0 Å². The van der Waals surface area contributed by atoms with Crippen molar-refractivity contribution < 1.29 is 13.7 Å². The van der Waals surface area contributed by atoms with Crippen molar-refractivity contribution in [1.29, 1.82) is 0 Å². The average Bonchev–Trinajstić information content (AvgIpc) is 3.17. The molecular formula is C15H22N4O3. The van der Waals surface area contributed by atoms with Crippen LogP contribution in [0.1, 0.15) is 12.8 Å². The van der Waals surface area contributed by atoms with Crippen LogP contribution in [0.25, 0.3) is 11.4 Å². The smallest absolute Gasteiger partial charge is 0.241 e. The van der Waals surface area contributed by atoms with E-state index in [1.54, 1.807) is 19.6 Å². The maximum absolute atomic E-state index is 5.34. The van der Waals surface area contributed by atoms with Gasteiger partial charge in [-0.2, -0.15) is 4.98 Å². The van der Waals surface area contributed by atoms with Crippen molar-refractivity contribution in [3.05, 3.63) is 24.5 Å². The van der Waals surface area contributed by atoms with E-state index < -0.39 is 0 Å². The first kappa shape index (κ1) is 15.2. The number of hydrogen-bond donors (Lipinski definition) is 0. The van der Waals surface area contributed by atoms with Crippen molar-refractivity contribution in [2.75, 3.05) is 39.9 Å². The number of nitrogens with zero attached hydrogens (tertiary/aromatic N) is 4. The highest BCUT2D eigenvalue weighted by Gasteiger charge is 2.24. The van der Waals surface area contributed by atoms with Gasteiger partial charge in [0.2, 0.25) is 11.7 Å². The minimum absolute atomic E-state index is 0.500. The summed E-state index contributed by atoms with van der Waals surface area (Å²) in [5, 5.41) is 4.00. The van der Waals surface area contributed by atoms with Crippen LogP contribution in [-0.4, -0.2) is 65.9 Å². The normalized spacial score (nSPS) is 20.5. The van der Waals surface area contributed by atoms with Crippen LogP contribution in [0.3, 0.4) is 0 Å². The fourth-order valence-corrected chi connectivity index (χ4v) is 2.77. The Bertz CT molecular complexity index is 569. The van der Waals surface area contributed by atoms with Gasteiger partial charge in [0.15, 0.2) is 0 Å². The molecule has 1 atom stereocenters. The Labute approximate surface area is 129 Å².